The molecule has 5 heteroatoms. The number of rotatable bonds is 6. The van der Waals surface area contributed by atoms with Crippen LogP contribution in [-0.2, 0) is 22.9 Å². The molecule has 3 nitrogen and oxygen atoms in total. The molecule has 1 aromatic rings. The molecular weight excluding hydrogens is 282 g/mol. The Morgan fingerprint density at radius 2 is 2.05 bits per heavy atom. The first-order valence-electron chi connectivity index (χ1n) is 6.77. The summed E-state index contributed by atoms with van der Waals surface area (Å²) in [6, 6.07) is 5.38. The molecule has 1 aromatic carbocycles. The van der Waals surface area contributed by atoms with E-state index in [1.165, 1.54) is 11.1 Å². The lowest BCUT2D eigenvalue weighted by Gasteiger charge is -2.16. The maximum Gasteiger partial charge on any atom is 0.240 e. The average molecular weight is 302 g/mol. The monoisotopic (exact) mass is 301 g/mol. The molecule has 0 spiro atoms. The molecule has 0 saturated heterocycles. The minimum absolute atomic E-state index is 0.0873. The van der Waals surface area contributed by atoms with Crippen molar-refractivity contribution in [1.82, 2.24) is 4.72 Å². The molecule has 1 unspecified atom stereocenters. The van der Waals surface area contributed by atoms with Gasteiger partial charge in [-0.3, -0.25) is 0 Å². The summed E-state index contributed by atoms with van der Waals surface area (Å²) >= 11 is 5.69. The summed E-state index contributed by atoms with van der Waals surface area (Å²) in [6.07, 6.45) is 4.57. The van der Waals surface area contributed by atoms with E-state index in [1.807, 2.05) is 19.1 Å². The molecule has 1 aliphatic carbocycles. The minimum atomic E-state index is -3.42. The molecule has 0 saturated carbocycles. The third kappa shape index (κ3) is 3.50. The van der Waals surface area contributed by atoms with E-state index < -0.39 is 10.0 Å². The Morgan fingerprint density at radius 1 is 1.32 bits per heavy atom. The quantitative estimate of drug-likeness (QED) is 0.821. The zero-order chi connectivity index (χ0) is 13.9. The van der Waals surface area contributed by atoms with Crippen molar-refractivity contribution < 1.29 is 8.42 Å². The molecule has 0 aromatic heterocycles. The topological polar surface area (TPSA) is 46.2 Å². The number of halogens is 1. The lowest BCUT2D eigenvalue weighted by Crippen LogP contribution is -2.34. The standard InChI is InChI=1S/C14H20ClNO2S/c1-2-13(8-9-15)16-19(17,18)14-7-6-11-4-3-5-12(11)10-14/h6-7,10,13,16H,2-5,8-9H2,1H3. The average Bonchev–Trinajstić information content (AvgIpc) is 2.85. The van der Waals surface area contributed by atoms with Gasteiger partial charge in [0, 0.05) is 11.9 Å². The second kappa shape index (κ2) is 6.25. The Labute approximate surface area is 120 Å². The van der Waals surface area contributed by atoms with Crippen LogP contribution in [0.5, 0.6) is 0 Å². The van der Waals surface area contributed by atoms with E-state index >= 15 is 0 Å². The first-order valence-corrected chi connectivity index (χ1v) is 8.78. The highest BCUT2D eigenvalue weighted by Gasteiger charge is 2.21. The van der Waals surface area contributed by atoms with E-state index in [-0.39, 0.29) is 6.04 Å². The van der Waals surface area contributed by atoms with Crippen molar-refractivity contribution in [2.24, 2.45) is 0 Å². The second-order valence-corrected chi connectivity index (χ2v) is 7.08. The maximum atomic E-state index is 12.3. The van der Waals surface area contributed by atoms with E-state index in [0.29, 0.717) is 17.2 Å². The van der Waals surface area contributed by atoms with Crippen molar-refractivity contribution in [2.75, 3.05) is 5.88 Å². The summed E-state index contributed by atoms with van der Waals surface area (Å²) in [5, 5.41) is 0. The Kier molecular flexibility index (Phi) is 4.87. The predicted molar refractivity (Wildman–Crippen MR) is 78.2 cm³/mol. The molecule has 1 N–H and O–H groups in total. The third-order valence-corrected chi connectivity index (χ3v) is 5.39. The van der Waals surface area contributed by atoms with Gasteiger partial charge in [0.25, 0.3) is 0 Å². The van der Waals surface area contributed by atoms with Crippen molar-refractivity contribution in [3.8, 4) is 0 Å². The van der Waals surface area contributed by atoms with Crippen molar-refractivity contribution in [2.45, 2.75) is 50.0 Å². The van der Waals surface area contributed by atoms with E-state index in [4.69, 9.17) is 11.6 Å². The number of aryl methyl sites for hydroxylation is 2. The first kappa shape index (κ1) is 14.8. The normalized spacial score (nSPS) is 16.3. The number of sulfonamides is 1. The van der Waals surface area contributed by atoms with Crippen LogP contribution >= 0.6 is 11.6 Å². The Morgan fingerprint density at radius 3 is 2.74 bits per heavy atom. The largest absolute Gasteiger partial charge is 0.240 e. The minimum Gasteiger partial charge on any atom is -0.208 e. The zero-order valence-electron chi connectivity index (χ0n) is 11.2. The SMILES string of the molecule is CCC(CCCl)NS(=O)(=O)c1ccc2c(c1)CCC2. The fraction of sp³-hybridized carbons (Fsp3) is 0.571. The molecule has 19 heavy (non-hydrogen) atoms. The Bertz CT molecular complexity index is 542. The summed E-state index contributed by atoms with van der Waals surface area (Å²) in [5.74, 6) is 0.464. The molecule has 0 fully saturated rings. The van der Waals surface area contributed by atoms with Gasteiger partial charge in [-0.05, 0) is 55.4 Å². The molecule has 1 atom stereocenters. The molecule has 0 aliphatic heterocycles. The van der Waals surface area contributed by atoms with Gasteiger partial charge >= 0.3 is 0 Å². The van der Waals surface area contributed by atoms with Crippen LogP contribution in [0.1, 0.15) is 37.3 Å². The lowest BCUT2D eigenvalue weighted by molar-refractivity contribution is 0.531. The molecule has 1 aliphatic rings. The first-order chi connectivity index (χ1) is 9.06. The molecule has 0 radical (unpaired) electrons. The number of benzene rings is 1. The fourth-order valence-electron chi connectivity index (χ4n) is 2.48. The number of alkyl halides is 1. The molecule has 0 heterocycles. The van der Waals surface area contributed by atoms with Gasteiger partial charge in [-0.25, -0.2) is 13.1 Å². The smallest absolute Gasteiger partial charge is 0.208 e. The third-order valence-electron chi connectivity index (χ3n) is 3.65. The summed E-state index contributed by atoms with van der Waals surface area (Å²) in [5.41, 5.74) is 2.46. The zero-order valence-corrected chi connectivity index (χ0v) is 12.7. The summed E-state index contributed by atoms with van der Waals surface area (Å²) in [6.45, 7) is 1.96. The van der Waals surface area contributed by atoms with Gasteiger partial charge in [-0.15, -0.1) is 11.6 Å². The van der Waals surface area contributed by atoms with Gasteiger partial charge in [0.05, 0.1) is 4.90 Å². The highest BCUT2D eigenvalue weighted by molar-refractivity contribution is 7.89. The highest BCUT2D eigenvalue weighted by atomic mass is 35.5. The summed E-state index contributed by atoms with van der Waals surface area (Å²) in [4.78, 5) is 0.376. The van der Waals surface area contributed by atoms with Crippen LogP contribution < -0.4 is 4.72 Å². The summed E-state index contributed by atoms with van der Waals surface area (Å²) < 4.78 is 27.4. The van der Waals surface area contributed by atoms with Crippen LogP contribution in [0.3, 0.4) is 0 Å². The van der Waals surface area contributed by atoms with E-state index in [2.05, 4.69) is 4.72 Å². The number of fused-ring (bicyclic) bond motifs is 1. The van der Waals surface area contributed by atoms with Gasteiger partial charge in [-0.1, -0.05) is 13.0 Å². The van der Waals surface area contributed by atoms with E-state index in [9.17, 15) is 8.42 Å². The van der Waals surface area contributed by atoms with Crippen LogP contribution in [0.25, 0.3) is 0 Å². The number of hydrogen-bond donors (Lipinski definition) is 1. The van der Waals surface area contributed by atoms with Gasteiger partial charge < -0.3 is 0 Å². The predicted octanol–water partition coefficient (Wildman–Crippen LogP) is 2.86. The Hall–Kier alpha value is -0.580. The van der Waals surface area contributed by atoms with Crippen LogP contribution in [0.2, 0.25) is 0 Å². The van der Waals surface area contributed by atoms with E-state index in [0.717, 1.165) is 25.7 Å². The maximum absolute atomic E-state index is 12.3. The number of hydrogen-bond acceptors (Lipinski definition) is 2. The number of nitrogens with one attached hydrogen (secondary N) is 1. The van der Waals surface area contributed by atoms with E-state index in [1.54, 1.807) is 6.07 Å². The van der Waals surface area contributed by atoms with Crippen molar-refractivity contribution in [1.29, 1.82) is 0 Å². The van der Waals surface area contributed by atoms with Crippen molar-refractivity contribution >= 4 is 21.6 Å². The molecular formula is C14H20ClNO2S. The van der Waals surface area contributed by atoms with Gasteiger partial charge in [0.1, 0.15) is 0 Å². The van der Waals surface area contributed by atoms with Crippen molar-refractivity contribution in [3.05, 3.63) is 29.3 Å². The lowest BCUT2D eigenvalue weighted by atomic mass is 10.1. The van der Waals surface area contributed by atoms with Gasteiger partial charge in [-0.2, -0.15) is 0 Å². The van der Waals surface area contributed by atoms with Gasteiger partial charge in [0.2, 0.25) is 10.0 Å². The molecule has 0 bridgehead atoms. The fourth-order valence-corrected chi connectivity index (χ4v) is 4.15. The molecule has 106 valence electrons. The van der Waals surface area contributed by atoms with Crippen LogP contribution in [-0.4, -0.2) is 20.3 Å². The van der Waals surface area contributed by atoms with Crippen LogP contribution in [0, 0.1) is 0 Å². The Balaban J connectivity index is 2.19. The molecule has 2 rings (SSSR count). The van der Waals surface area contributed by atoms with Crippen LogP contribution in [0.4, 0.5) is 0 Å². The summed E-state index contributed by atoms with van der Waals surface area (Å²) in [7, 11) is -3.42. The van der Waals surface area contributed by atoms with Gasteiger partial charge in [0.15, 0.2) is 0 Å². The highest BCUT2D eigenvalue weighted by Crippen LogP contribution is 2.24. The second-order valence-electron chi connectivity index (χ2n) is 4.99. The molecule has 0 amide bonds. The van der Waals surface area contributed by atoms with Crippen LogP contribution in [0.15, 0.2) is 23.1 Å². The van der Waals surface area contributed by atoms with Crippen molar-refractivity contribution in [3.63, 3.8) is 0 Å².